The zero-order valence-electron chi connectivity index (χ0n) is 14.4. The van der Waals surface area contributed by atoms with Gasteiger partial charge < -0.3 is 4.57 Å². The highest BCUT2D eigenvalue weighted by atomic mass is 15.1. The van der Waals surface area contributed by atoms with Crippen molar-refractivity contribution in [3.8, 4) is 0 Å². The molecule has 2 aromatic heterocycles. The standard InChI is InChI=1S/C20H27N3/c1-3-5-6-7-10-14-23-19(11-4-2)22-18-15-21-17-13-9-8-12-16(17)20(18)23/h8-9,12-13,15H,3-7,10-11,14H2,1-2H3. The fourth-order valence-electron chi connectivity index (χ4n) is 3.34. The van der Waals surface area contributed by atoms with E-state index in [0.29, 0.717) is 0 Å². The Labute approximate surface area is 138 Å². The average molecular weight is 309 g/mol. The Morgan fingerprint density at radius 1 is 0.913 bits per heavy atom. The molecule has 0 radical (unpaired) electrons. The van der Waals surface area contributed by atoms with Gasteiger partial charge in [-0.25, -0.2) is 4.98 Å². The molecule has 3 aromatic rings. The van der Waals surface area contributed by atoms with Crippen molar-refractivity contribution in [1.82, 2.24) is 14.5 Å². The molecule has 0 bridgehead atoms. The van der Waals surface area contributed by atoms with Gasteiger partial charge in [-0.1, -0.05) is 57.7 Å². The number of aromatic nitrogens is 3. The third-order valence-electron chi connectivity index (χ3n) is 4.52. The predicted molar refractivity (Wildman–Crippen MR) is 97.8 cm³/mol. The summed E-state index contributed by atoms with van der Waals surface area (Å²) in [5.74, 6) is 1.22. The number of benzene rings is 1. The van der Waals surface area contributed by atoms with E-state index in [4.69, 9.17) is 4.98 Å². The number of hydrogen-bond acceptors (Lipinski definition) is 2. The highest BCUT2D eigenvalue weighted by Gasteiger charge is 2.13. The van der Waals surface area contributed by atoms with E-state index >= 15 is 0 Å². The average Bonchev–Trinajstić information content (AvgIpc) is 2.93. The lowest BCUT2D eigenvalue weighted by atomic mass is 10.1. The van der Waals surface area contributed by atoms with Crippen molar-refractivity contribution >= 4 is 21.9 Å². The van der Waals surface area contributed by atoms with E-state index in [1.807, 2.05) is 6.20 Å². The first-order chi connectivity index (χ1) is 11.3. The molecule has 2 heterocycles. The van der Waals surface area contributed by atoms with Crippen LogP contribution in [0, 0.1) is 0 Å². The van der Waals surface area contributed by atoms with Crippen molar-refractivity contribution in [2.45, 2.75) is 65.3 Å². The van der Waals surface area contributed by atoms with Gasteiger partial charge in [-0.15, -0.1) is 0 Å². The quantitative estimate of drug-likeness (QED) is 0.514. The number of para-hydroxylation sites is 1. The van der Waals surface area contributed by atoms with E-state index in [1.54, 1.807) is 0 Å². The van der Waals surface area contributed by atoms with Gasteiger partial charge in [0.05, 0.1) is 17.2 Å². The molecule has 1 aromatic carbocycles. The topological polar surface area (TPSA) is 30.7 Å². The van der Waals surface area contributed by atoms with Gasteiger partial charge in [-0.05, 0) is 18.9 Å². The Kier molecular flexibility index (Phi) is 5.27. The van der Waals surface area contributed by atoms with E-state index < -0.39 is 0 Å². The smallest absolute Gasteiger partial charge is 0.109 e. The van der Waals surface area contributed by atoms with Crippen LogP contribution in [0.1, 0.15) is 58.2 Å². The maximum Gasteiger partial charge on any atom is 0.109 e. The van der Waals surface area contributed by atoms with Gasteiger partial charge >= 0.3 is 0 Å². The number of aryl methyl sites for hydroxylation is 2. The first-order valence-electron chi connectivity index (χ1n) is 9.08. The van der Waals surface area contributed by atoms with Gasteiger partial charge in [0, 0.05) is 18.4 Å². The van der Waals surface area contributed by atoms with Crippen LogP contribution >= 0.6 is 0 Å². The van der Waals surface area contributed by atoms with E-state index in [2.05, 4.69) is 47.7 Å². The van der Waals surface area contributed by atoms with Gasteiger partial charge in [-0.3, -0.25) is 4.98 Å². The molecular formula is C20H27N3. The Bertz CT molecular complexity index is 773. The summed E-state index contributed by atoms with van der Waals surface area (Å²) in [6.07, 6.45) is 10.6. The van der Waals surface area contributed by atoms with Crippen LogP contribution in [-0.4, -0.2) is 14.5 Å². The van der Waals surface area contributed by atoms with Crippen LogP contribution in [0.5, 0.6) is 0 Å². The van der Waals surface area contributed by atoms with Crippen molar-refractivity contribution in [3.63, 3.8) is 0 Å². The van der Waals surface area contributed by atoms with Gasteiger partial charge in [0.25, 0.3) is 0 Å². The van der Waals surface area contributed by atoms with Crippen LogP contribution in [0.4, 0.5) is 0 Å². The van der Waals surface area contributed by atoms with Gasteiger partial charge in [-0.2, -0.15) is 0 Å². The fraction of sp³-hybridized carbons (Fsp3) is 0.500. The van der Waals surface area contributed by atoms with E-state index in [1.165, 1.54) is 48.8 Å². The number of fused-ring (bicyclic) bond motifs is 3. The zero-order valence-corrected chi connectivity index (χ0v) is 14.4. The third kappa shape index (κ3) is 3.39. The number of rotatable bonds is 8. The van der Waals surface area contributed by atoms with E-state index in [0.717, 1.165) is 30.4 Å². The summed E-state index contributed by atoms with van der Waals surface area (Å²) in [6.45, 7) is 5.56. The molecule has 122 valence electrons. The summed E-state index contributed by atoms with van der Waals surface area (Å²) in [6, 6.07) is 8.42. The summed E-state index contributed by atoms with van der Waals surface area (Å²) in [7, 11) is 0. The Morgan fingerprint density at radius 2 is 1.74 bits per heavy atom. The third-order valence-corrected chi connectivity index (χ3v) is 4.52. The highest BCUT2D eigenvalue weighted by molar-refractivity contribution is 6.02. The largest absolute Gasteiger partial charge is 0.327 e. The molecule has 0 aliphatic rings. The Balaban J connectivity index is 1.97. The van der Waals surface area contributed by atoms with Gasteiger partial charge in [0.1, 0.15) is 11.3 Å². The van der Waals surface area contributed by atoms with Crippen molar-refractivity contribution in [1.29, 1.82) is 0 Å². The van der Waals surface area contributed by atoms with Crippen LogP contribution in [0.2, 0.25) is 0 Å². The molecule has 0 N–H and O–H groups in total. The number of hydrogen-bond donors (Lipinski definition) is 0. The second-order valence-corrected chi connectivity index (χ2v) is 6.35. The minimum Gasteiger partial charge on any atom is -0.327 e. The van der Waals surface area contributed by atoms with E-state index in [-0.39, 0.29) is 0 Å². The van der Waals surface area contributed by atoms with Gasteiger partial charge in [0.2, 0.25) is 0 Å². The molecule has 0 saturated carbocycles. The molecule has 0 saturated heterocycles. The molecule has 3 nitrogen and oxygen atoms in total. The number of nitrogens with zero attached hydrogens (tertiary/aromatic N) is 3. The lowest BCUT2D eigenvalue weighted by molar-refractivity contribution is 0.561. The molecule has 0 amide bonds. The second-order valence-electron chi connectivity index (χ2n) is 6.35. The van der Waals surface area contributed by atoms with Crippen molar-refractivity contribution in [3.05, 3.63) is 36.3 Å². The lowest BCUT2D eigenvalue weighted by Gasteiger charge is -2.10. The maximum atomic E-state index is 4.87. The SMILES string of the molecule is CCCCCCCn1c(CCC)nc2cnc3ccccc3c21. The second kappa shape index (κ2) is 7.58. The summed E-state index contributed by atoms with van der Waals surface area (Å²) < 4.78 is 2.45. The van der Waals surface area contributed by atoms with Crippen molar-refractivity contribution in [2.24, 2.45) is 0 Å². The fourth-order valence-corrected chi connectivity index (χ4v) is 3.34. The summed E-state index contributed by atoms with van der Waals surface area (Å²) >= 11 is 0. The van der Waals surface area contributed by atoms with Crippen molar-refractivity contribution in [2.75, 3.05) is 0 Å². The molecule has 0 unspecified atom stereocenters. The number of unbranched alkanes of at least 4 members (excludes halogenated alkanes) is 4. The molecule has 0 atom stereocenters. The van der Waals surface area contributed by atoms with Gasteiger partial charge in [0.15, 0.2) is 0 Å². The Morgan fingerprint density at radius 3 is 2.57 bits per heavy atom. The predicted octanol–water partition coefficient (Wildman–Crippen LogP) is 5.51. The molecular weight excluding hydrogens is 282 g/mol. The lowest BCUT2D eigenvalue weighted by Crippen LogP contribution is -2.04. The van der Waals surface area contributed by atoms with Crippen LogP contribution < -0.4 is 0 Å². The van der Waals surface area contributed by atoms with E-state index in [9.17, 15) is 0 Å². The summed E-state index contributed by atoms with van der Waals surface area (Å²) in [5, 5.41) is 1.23. The minimum atomic E-state index is 1.04. The Hall–Kier alpha value is -1.90. The van der Waals surface area contributed by atoms with Crippen LogP contribution in [-0.2, 0) is 13.0 Å². The zero-order chi connectivity index (χ0) is 16.1. The molecule has 0 aliphatic carbocycles. The molecule has 23 heavy (non-hydrogen) atoms. The molecule has 3 heteroatoms. The molecule has 0 aliphatic heterocycles. The highest BCUT2D eigenvalue weighted by Crippen LogP contribution is 2.25. The minimum absolute atomic E-state index is 1.04. The molecule has 0 fully saturated rings. The first-order valence-corrected chi connectivity index (χ1v) is 9.08. The summed E-state index contributed by atoms with van der Waals surface area (Å²) in [4.78, 5) is 9.44. The number of imidazole rings is 1. The van der Waals surface area contributed by atoms with Crippen molar-refractivity contribution < 1.29 is 0 Å². The normalized spacial score (nSPS) is 11.6. The van der Waals surface area contributed by atoms with Crippen LogP contribution in [0.15, 0.2) is 30.5 Å². The first kappa shape index (κ1) is 16.0. The van der Waals surface area contributed by atoms with Crippen LogP contribution in [0.25, 0.3) is 21.9 Å². The maximum absolute atomic E-state index is 4.87. The summed E-state index contributed by atoms with van der Waals surface area (Å²) in [5.41, 5.74) is 3.38. The van der Waals surface area contributed by atoms with Crippen LogP contribution in [0.3, 0.4) is 0 Å². The molecule has 0 spiro atoms. The monoisotopic (exact) mass is 309 g/mol. The molecule has 3 rings (SSSR count). The number of pyridine rings is 1.